The maximum Gasteiger partial charge on any atom is 0.303 e. The number of carboxylic acid groups (broad SMARTS) is 1. The normalized spacial score (nSPS) is 16.8. The molecule has 1 aliphatic rings. The van der Waals surface area contributed by atoms with Gasteiger partial charge in [0.1, 0.15) is 11.6 Å². The molecule has 1 fully saturated rings. The molecule has 1 aromatic heterocycles. The van der Waals surface area contributed by atoms with Crippen molar-refractivity contribution < 1.29 is 9.90 Å². The quantitative estimate of drug-likeness (QED) is 0.882. The molecule has 1 saturated heterocycles. The van der Waals surface area contributed by atoms with Crippen molar-refractivity contribution in [1.29, 1.82) is 0 Å². The molecular weight excluding hydrogens is 230 g/mol. The van der Waals surface area contributed by atoms with Gasteiger partial charge in [-0.2, -0.15) is 0 Å². The Hall–Kier alpha value is -1.65. The van der Waals surface area contributed by atoms with Crippen LogP contribution < -0.4 is 4.90 Å². The fourth-order valence-corrected chi connectivity index (χ4v) is 2.40. The number of aromatic nitrogens is 2. The van der Waals surface area contributed by atoms with E-state index in [4.69, 9.17) is 5.11 Å². The lowest BCUT2D eigenvalue weighted by atomic mass is 9.92. The lowest BCUT2D eigenvalue weighted by Crippen LogP contribution is -2.34. The fourth-order valence-electron chi connectivity index (χ4n) is 2.40. The molecule has 0 spiro atoms. The highest BCUT2D eigenvalue weighted by molar-refractivity contribution is 5.66. The molecule has 5 nitrogen and oxygen atoms in total. The van der Waals surface area contributed by atoms with Gasteiger partial charge in [-0.3, -0.25) is 4.79 Å². The number of rotatable bonds is 4. The smallest absolute Gasteiger partial charge is 0.303 e. The number of carboxylic acids is 1. The summed E-state index contributed by atoms with van der Waals surface area (Å²) in [7, 11) is 0. The van der Waals surface area contributed by atoms with Gasteiger partial charge >= 0.3 is 5.97 Å². The van der Waals surface area contributed by atoms with Crippen LogP contribution in [0.3, 0.4) is 0 Å². The zero-order valence-electron chi connectivity index (χ0n) is 10.7. The van der Waals surface area contributed by atoms with E-state index in [1.165, 1.54) is 0 Å². The van der Waals surface area contributed by atoms with Crippen LogP contribution in [0.25, 0.3) is 0 Å². The summed E-state index contributed by atoms with van der Waals surface area (Å²) in [4.78, 5) is 21.3. The van der Waals surface area contributed by atoms with Crippen LogP contribution in [0.1, 0.15) is 31.5 Å². The minimum atomic E-state index is -0.691. The van der Waals surface area contributed by atoms with E-state index in [1.807, 2.05) is 13.0 Å². The van der Waals surface area contributed by atoms with Crippen LogP contribution in [0.2, 0.25) is 0 Å². The topological polar surface area (TPSA) is 66.3 Å². The third-order valence-electron chi connectivity index (χ3n) is 3.47. The predicted octanol–water partition coefficient (Wildman–Crippen LogP) is 1.87. The molecule has 0 saturated carbocycles. The first kappa shape index (κ1) is 12.8. The van der Waals surface area contributed by atoms with Crippen LogP contribution in [0, 0.1) is 12.8 Å². The predicted molar refractivity (Wildman–Crippen MR) is 68.6 cm³/mol. The monoisotopic (exact) mass is 249 g/mol. The minimum Gasteiger partial charge on any atom is -0.481 e. The van der Waals surface area contributed by atoms with E-state index in [0.717, 1.165) is 44.0 Å². The van der Waals surface area contributed by atoms with Crippen LogP contribution in [0.15, 0.2) is 12.3 Å². The van der Waals surface area contributed by atoms with Gasteiger partial charge in [-0.25, -0.2) is 9.97 Å². The van der Waals surface area contributed by atoms with E-state index in [0.29, 0.717) is 5.92 Å². The number of aryl methyl sites for hydroxylation is 1. The van der Waals surface area contributed by atoms with Crippen LogP contribution in [0.5, 0.6) is 0 Å². The van der Waals surface area contributed by atoms with Gasteiger partial charge in [0, 0.05) is 25.7 Å². The molecular formula is C13H19N3O2. The molecule has 0 bridgehead atoms. The highest BCUT2D eigenvalue weighted by atomic mass is 16.4. The van der Waals surface area contributed by atoms with Gasteiger partial charge in [0.25, 0.3) is 0 Å². The highest BCUT2D eigenvalue weighted by Gasteiger charge is 2.20. The van der Waals surface area contributed by atoms with E-state index in [9.17, 15) is 4.79 Å². The summed E-state index contributed by atoms with van der Waals surface area (Å²) in [6, 6.07) is 1.94. The lowest BCUT2D eigenvalue weighted by Gasteiger charge is -2.32. The molecule has 1 aliphatic heterocycles. The van der Waals surface area contributed by atoms with Crippen molar-refractivity contribution in [2.45, 2.75) is 32.6 Å². The van der Waals surface area contributed by atoms with Crippen LogP contribution in [-0.4, -0.2) is 34.1 Å². The van der Waals surface area contributed by atoms with Crippen molar-refractivity contribution in [2.24, 2.45) is 5.92 Å². The van der Waals surface area contributed by atoms with E-state index >= 15 is 0 Å². The Labute approximate surface area is 107 Å². The van der Waals surface area contributed by atoms with Crippen LogP contribution in [-0.2, 0) is 4.79 Å². The fraction of sp³-hybridized carbons (Fsp3) is 0.615. The second-order valence-corrected chi connectivity index (χ2v) is 4.82. The van der Waals surface area contributed by atoms with Crippen LogP contribution >= 0.6 is 0 Å². The van der Waals surface area contributed by atoms with E-state index < -0.39 is 5.97 Å². The molecule has 98 valence electrons. The van der Waals surface area contributed by atoms with Crippen molar-refractivity contribution >= 4 is 11.8 Å². The third kappa shape index (κ3) is 3.42. The Morgan fingerprint density at radius 3 is 2.83 bits per heavy atom. The third-order valence-corrected chi connectivity index (χ3v) is 3.47. The molecule has 18 heavy (non-hydrogen) atoms. The average Bonchev–Trinajstić information content (AvgIpc) is 2.37. The molecule has 0 aromatic carbocycles. The molecule has 0 aliphatic carbocycles. The van der Waals surface area contributed by atoms with Crippen LogP contribution in [0.4, 0.5) is 5.82 Å². The maximum atomic E-state index is 10.5. The highest BCUT2D eigenvalue weighted by Crippen LogP contribution is 2.24. The number of hydrogen-bond donors (Lipinski definition) is 1. The molecule has 0 radical (unpaired) electrons. The summed E-state index contributed by atoms with van der Waals surface area (Å²) in [6.45, 7) is 3.81. The minimum absolute atomic E-state index is 0.289. The van der Waals surface area contributed by atoms with Crippen molar-refractivity contribution in [2.75, 3.05) is 18.0 Å². The molecule has 5 heteroatoms. The number of carbonyl (C=O) groups is 1. The molecule has 0 atom stereocenters. The number of aliphatic carboxylic acids is 1. The zero-order valence-corrected chi connectivity index (χ0v) is 10.7. The summed E-state index contributed by atoms with van der Waals surface area (Å²) < 4.78 is 0. The van der Waals surface area contributed by atoms with Crippen molar-refractivity contribution in [3.05, 3.63) is 18.1 Å². The van der Waals surface area contributed by atoms with E-state index in [2.05, 4.69) is 14.9 Å². The van der Waals surface area contributed by atoms with Gasteiger partial charge in [0.15, 0.2) is 0 Å². The van der Waals surface area contributed by atoms with Gasteiger partial charge in [-0.05, 0) is 38.2 Å². The summed E-state index contributed by atoms with van der Waals surface area (Å²) in [5.41, 5.74) is 0. The molecule has 0 unspecified atom stereocenters. The SMILES string of the molecule is Cc1nccc(N2CCC(CCC(=O)O)CC2)n1. The van der Waals surface area contributed by atoms with Gasteiger partial charge in [-0.1, -0.05) is 0 Å². The lowest BCUT2D eigenvalue weighted by molar-refractivity contribution is -0.137. The summed E-state index contributed by atoms with van der Waals surface area (Å²) in [6.07, 6.45) is 4.98. The molecule has 0 amide bonds. The Bertz CT molecular complexity index is 414. The number of hydrogen-bond acceptors (Lipinski definition) is 4. The summed E-state index contributed by atoms with van der Waals surface area (Å²) in [5.74, 6) is 1.63. The largest absolute Gasteiger partial charge is 0.481 e. The second kappa shape index (κ2) is 5.80. The van der Waals surface area contributed by atoms with Crippen molar-refractivity contribution in [3.8, 4) is 0 Å². The Balaban J connectivity index is 1.85. The first-order chi connectivity index (χ1) is 8.65. The van der Waals surface area contributed by atoms with Gasteiger partial charge in [-0.15, -0.1) is 0 Å². The van der Waals surface area contributed by atoms with E-state index in [-0.39, 0.29) is 6.42 Å². The maximum absolute atomic E-state index is 10.5. The summed E-state index contributed by atoms with van der Waals surface area (Å²) in [5, 5.41) is 8.68. The van der Waals surface area contributed by atoms with Crippen molar-refractivity contribution in [1.82, 2.24) is 9.97 Å². The number of anilines is 1. The molecule has 2 rings (SSSR count). The first-order valence-electron chi connectivity index (χ1n) is 6.41. The Kier molecular flexibility index (Phi) is 4.12. The first-order valence-corrected chi connectivity index (χ1v) is 6.41. The zero-order chi connectivity index (χ0) is 13.0. The van der Waals surface area contributed by atoms with Crippen molar-refractivity contribution in [3.63, 3.8) is 0 Å². The Morgan fingerprint density at radius 2 is 2.22 bits per heavy atom. The number of nitrogens with zero attached hydrogens (tertiary/aromatic N) is 3. The van der Waals surface area contributed by atoms with Gasteiger partial charge < -0.3 is 10.0 Å². The van der Waals surface area contributed by atoms with E-state index in [1.54, 1.807) is 6.20 Å². The van der Waals surface area contributed by atoms with Gasteiger partial charge in [0.2, 0.25) is 0 Å². The number of piperidine rings is 1. The molecule has 2 heterocycles. The molecule has 1 aromatic rings. The average molecular weight is 249 g/mol. The van der Waals surface area contributed by atoms with Gasteiger partial charge in [0.05, 0.1) is 0 Å². The Morgan fingerprint density at radius 1 is 1.50 bits per heavy atom. The second-order valence-electron chi connectivity index (χ2n) is 4.82. The standard InChI is InChI=1S/C13H19N3O2/c1-10-14-7-4-12(15-10)16-8-5-11(6-9-16)2-3-13(17)18/h4,7,11H,2-3,5-6,8-9H2,1H3,(H,17,18). The summed E-state index contributed by atoms with van der Waals surface area (Å²) >= 11 is 0. The molecule has 1 N–H and O–H groups in total.